The normalized spacial score (nSPS) is 10.3. The van der Waals surface area contributed by atoms with Gasteiger partial charge in [0.2, 0.25) is 0 Å². The largest absolute Gasteiger partial charge is 0.464 e. The van der Waals surface area contributed by atoms with Crippen LogP contribution in [0.4, 0.5) is 0 Å². The Labute approximate surface area is 83.3 Å². The van der Waals surface area contributed by atoms with Crippen molar-refractivity contribution in [1.82, 2.24) is 9.97 Å². The molecule has 1 aromatic heterocycles. The highest BCUT2D eigenvalue weighted by Gasteiger charge is 2.08. The Morgan fingerprint density at radius 1 is 1.57 bits per heavy atom. The van der Waals surface area contributed by atoms with Gasteiger partial charge < -0.3 is 4.74 Å². The van der Waals surface area contributed by atoms with Crippen LogP contribution in [0.25, 0.3) is 0 Å². The van der Waals surface area contributed by atoms with E-state index < -0.39 is 5.97 Å². The average molecular weight is 194 g/mol. The summed E-state index contributed by atoms with van der Waals surface area (Å²) in [6.07, 6.45) is 2.35. The van der Waals surface area contributed by atoms with Crippen LogP contribution in [0.15, 0.2) is 12.3 Å². The van der Waals surface area contributed by atoms with E-state index in [1.165, 1.54) is 7.11 Å². The van der Waals surface area contributed by atoms with Gasteiger partial charge in [0, 0.05) is 12.6 Å². The zero-order chi connectivity index (χ0) is 10.6. The van der Waals surface area contributed by atoms with Gasteiger partial charge in [-0.15, -0.1) is 0 Å². The highest BCUT2D eigenvalue weighted by atomic mass is 16.5. The molecule has 0 aromatic carbocycles. The SMILES string of the molecule is COC(=O)c1ccnc(CC(C)C)n1. The van der Waals surface area contributed by atoms with Crippen LogP contribution < -0.4 is 0 Å². The maximum absolute atomic E-state index is 11.1. The van der Waals surface area contributed by atoms with Crippen molar-refractivity contribution in [2.24, 2.45) is 5.92 Å². The maximum Gasteiger partial charge on any atom is 0.356 e. The Morgan fingerprint density at radius 3 is 2.86 bits per heavy atom. The van der Waals surface area contributed by atoms with Gasteiger partial charge in [0.05, 0.1) is 7.11 Å². The van der Waals surface area contributed by atoms with Gasteiger partial charge in [-0.25, -0.2) is 14.8 Å². The van der Waals surface area contributed by atoms with Gasteiger partial charge in [-0.1, -0.05) is 13.8 Å². The molecule has 1 rings (SSSR count). The van der Waals surface area contributed by atoms with Crippen molar-refractivity contribution >= 4 is 5.97 Å². The minimum Gasteiger partial charge on any atom is -0.464 e. The number of hydrogen-bond donors (Lipinski definition) is 0. The van der Waals surface area contributed by atoms with Crippen molar-refractivity contribution in [1.29, 1.82) is 0 Å². The van der Waals surface area contributed by atoms with E-state index in [2.05, 4.69) is 28.6 Å². The Kier molecular flexibility index (Phi) is 3.56. The highest BCUT2D eigenvalue weighted by molar-refractivity contribution is 5.86. The monoisotopic (exact) mass is 194 g/mol. The number of rotatable bonds is 3. The first-order valence-corrected chi connectivity index (χ1v) is 4.53. The minimum atomic E-state index is -0.419. The summed E-state index contributed by atoms with van der Waals surface area (Å²) in [6, 6.07) is 1.55. The van der Waals surface area contributed by atoms with E-state index in [1.54, 1.807) is 12.3 Å². The van der Waals surface area contributed by atoms with E-state index >= 15 is 0 Å². The molecule has 4 nitrogen and oxygen atoms in total. The van der Waals surface area contributed by atoms with Crippen molar-refractivity contribution in [2.45, 2.75) is 20.3 Å². The number of ether oxygens (including phenoxy) is 1. The van der Waals surface area contributed by atoms with Gasteiger partial charge >= 0.3 is 5.97 Å². The summed E-state index contributed by atoms with van der Waals surface area (Å²) in [7, 11) is 1.34. The van der Waals surface area contributed by atoms with Crippen molar-refractivity contribution in [3.05, 3.63) is 23.8 Å². The van der Waals surface area contributed by atoms with Crippen molar-refractivity contribution in [3.8, 4) is 0 Å². The number of aromatic nitrogens is 2. The molecule has 1 aromatic rings. The lowest BCUT2D eigenvalue weighted by molar-refractivity contribution is 0.0593. The van der Waals surface area contributed by atoms with E-state index in [4.69, 9.17) is 0 Å². The van der Waals surface area contributed by atoms with Crippen LogP contribution in [0.3, 0.4) is 0 Å². The lowest BCUT2D eigenvalue weighted by atomic mass is 10.1. The summed E-state index contributed by atoms with van der Waals surface area (Å²) in [5.74, 6) is 0.739. The predicted molar refractivity (Wildman–Crippen MR) is 51.9 cm³/mol. The van der Waals surface area contributed by atoms with Crippen LogP contribution in [-0.2, 0) is 11.2 Å². The fourth-order valence-electron chi connectivity index (χ4n) is 1.08. The first-order valence-electron chi connectivity index (χ1n) is 4.53. The van der Waals surface area contributed by atoms with E-state index in [9.17, 15) is 4.79 Å². The van der Waals surface area contributed by atoms with Crippen molar-refractivity contribution in [3.63, 3.8) is 0 Å². The Balaban J connectivity index is 2.84. The Bertz CT molecular complexity index is 324. The van der Waals surface area contributed by atoms with Gasteiger partial charge in [-0.05, 0) is 12.0 Å². The molecule has 0 N–H and O–H groups in total. The van der Waals surface area contributed by atoms with Gasteiger partial charge in [0.25, 0.3) is 0 Å². The molecule has 14 heavy (non-hydrogen) atoms. The molecule has 0 unspecified atom stereocenters. The molecule has 0 atom stereocenters. The molecule has 0 saturated carbocycles. The molecule has 0 aliphatic carbocycles. The molecule has 0 amide bonds. The molecular weight excluding hydrogens is 180 g/mol. The summed E-state index contributed by atoms with van der Waals surface area (Å²) in [5.41, 5.74) is 0.318. The maximum atomic E-state index is 11.1. The van der Waals surface area contributed by atoms with E-state index in [1.807, 2.05) is 0 Å². The number of methoxy groups -OCH3 is 1. The topological polar surface area (TPSA) is 52.1 Å². The molecular formula is C10H14N2O2. The van der Waals surface area contributed by atoms with Crippen molar-refractivity contribution < 1.29 is 9.53 Å². The molecule has 0 bridgehead atoms. The van der Waals surface area contributed by atoms with Gasteiger partial charge in [-0.3, -0.25) is 0 Å². The molecule has 0 spiro atoms. The second-order valence-corrected chi connectivity index (χ2v) is 3.45. The molecule has 1 heterocycles. The second kappa shape index (κ2) is 4.69. The molecule has 0 saturated heterocycles. The number of carbonyl (C=O) groups excluding carboxylic acids is 1. The van der Waals surface area contributed by atoms with Crippen LogP contribution in [0.5, 0.6) is 0 Å². The smallest absolute Gasteiger partial charge is 0.356 e. The van der Waals surface area contributed by atoms with Crippen LogP contribution in [0, 0.1) is 5.92 Å². The average Bonchev–Trinajstić information content (AvgIpc) is 2.16. The fourth-order valence-corrected chi connectivity index (χ4v) is 1.08. The van der Waals surface area contributed by atoms with Crippen molar-refractivity contribution in [2.75, 3.05) is 7.11 Å². The zero-order valence-electron chi connectivity index (χ0n) is 8.65. The lowest BCUT2D eigenvalue weighted by Gasteiger charge is -2.04. The summed E-state index contributed by atoms with van der Waals surface area (Å²) >= 11 is 0. The van der Waals surface area contributed by atoms with Crippen LogP contribution in [0.1, 0.15) is 30.2 Å². The molecule has 76 valence electrons. The third kappa shape index (κ3) is 2.80. The van der Waals surface area contributed by atoms with Crippen LogP contribution in [0.2, 0.25) is 0 Å². The van der Waals surface area contributed by atoms with E-state index in [0.29, 0.717) is 17.4 Å². The Hall–Kier alpha value is -1.45. The lowest BCUT2D eigenvalue weighted by Crippen LogP contribution is -2.08. The van der Waals surface area contributed by atoms with Crippen LogP contribution in [-0.4, -0.2) is 23.0 Å². The number of esters is 1. The second-order valence-electron chi connectivity index (χ2n) is 3.45. The molecule has 0 aliphatic heterocycles. The molecule has 0 aliphatic rings. The first-order chi connectivity index (χ1) is 6.63. The quantitative estimate of drug-likeness (QED) is 0.683. The summed E-state index contributed by atoms with van der Waals surface area (Å²) in [6.45, 7) is 4.16. The van der Waals surface area contributed by atoms with Gasteiger partial charge in [-0.2, -0.15) is 0 Å². The number of carbonyl (C=O) groups is 1. The summed E-state index contributed by atoms with van der Waals surface area (Å²) in [4.78, 5) is 19.3. The van der Waals surface area contributed by atoms with E-state index in [0.717, 1.165) is 6.42 Å². The van der Waals surface area contributed by atoms with Gasteiger partial charge in [0.15, 0.2) is 5.69 Å². The Morgan fingerprint density at radius 2 is 2.29 bits per heavy atom. The first kappa shape index (κ1) is 10.6. The fraction of sp³-hybridized carbons (Fsp3) is 0.500. The third-order valence-electron chi connectivity index (χ3n) is 1.69. The highest BCUT2D eigenvalue weighted by Crippen LogP contribution is 2.04. The summed E-state index contributed by atoms with van der Waals surface area (Å²) < 4.78 is 4.57. The van der Waals surface area contributed by atoms with Crippen LogP contribution >= 0.6 is 0 Å². The molecule has 0 fully saturated rings. The molecule has 0 radical (unpaired) electrons. The zero-order valence-corrected chi connectivity index (χ0v) is 8.65. The predicted octanol–water partition coefficient (Wildman–Crippen LogP) is 1.46. The number of nitrogens with zero attached hydrogens (tertiary/aromatic N) is 2. The standard InChI is InChI=1S/C10H14N2O2/c1-7(2)6-9-11-5-4-8(12-9)10(13)14-3/h4-5,7H,6H2,1-3H3. The third-order valence-corrected chi connectivity index (χ3v) is 1.69. The van der Waals surface area contributed by atoms with Gasteiger partial charge in [0.1, 0.15) is 5.82 Å². The number of hydrogen-bond acceptors (Lipinski definition) is 4. The van der Waals surface area contributed by atoms with E-state index in [-0.39, 0.29) is 0 Å². The molecule has 4 heteroatoms. The minimum absolute atomic E-state index is 0.318. The summed E-state index contributed by atoms with van der Waals surface area (Å²) in [5, 5.41) is 0.